The van der Waals surface area contributed by atoms with E-state index in [4.69, 9.17) is 10.8 Å². The summed E-state index contributed by atoms with van der Waals surface area (Å²) in [6.07, 6.45) is 0. The lowest BCUT2D eigenvalue weighted by Crippen LogP contribution is -2.42. The molecular weight excluding hydrogens is 220 g/mol. The molecule has 0 aromatic rings. The number of aliphatic carboxylic acids is 1. The van der Waals surface area contributed by atoms with Gasteiger partial charge in [0.2, 0.25) is 11.0 Å². The Morgan fingerprint density at radius 3 is 2.33 bits per heavy atom. The Morgan fingerprint density at radius 1 is 1.47 bits per heavy atom. The maximum atomic E-state index is 11.1. The summed E-state index contributed by atoms with van der Waals surface area (Å²) in [7, 11) is 0. The molecule has 0 rings (SSSR count). The predicted octanol–water partition coefficient (Wildman–Crippen LogP) is -0.817. The first-order chi connectivity index (χ1) is 6.84. The zero-order valence-electron chi connectivity index (χ0n) is 8.52. The van der Waals surface area contributed by atoms with Crippen LogP contribution in [0.4, 0.5) is 0 Å². The van der Waals surface area contributed by atoms with Crippen molar-refractivity contribution in [3.05, 3.63) is 0 Å². The first-order valence-corrected chi connectivity index (χ1v) is 5.25. The number of hydrogen-bond acceptors (Lipinski definition) is 5. The van der Waals surface area contributed by atoms with Crippen molar-refractivity contribution < 1.29 is 19.5 Å². The zero-order valence-corrected chi connectivity index (χ0v) is 9.34. The molecule has 1 amide bonds. The van der Waals surface area contributed by atoms with Crippen molar-refractivity contribution in [2.24, 2.45) is 5.73 Å². The third-order valence-electron chi connectivity index (χ3n) is 1.44. The molecular formula is C8H14N2O4S. The van der Waals surface area contributed by atoms with E-state index in [2.05, 4.69) is 5.32 Å². The van der Waals surface area contributed by atoms with Gasteiger partial charge in [-0.3, -0.25) is 9.59 Å². The molecule has 0 aliphatic carbocycles. The molecule has 0 saturated heterocycles. The van der Waals surface area contributed by atoms with E-state index in [0.717, 1.165) is 11.8 Å². The van der Waals surface area contributed by atoms with Gasteiger partial charge in [-0.05, 0) is 6.92 Å². The van der Waals surface area contributed by atoms with E-state index >= 15 is 0 Å². The molecule has 6 nitrogen and oxygen atoms in total. The van der Waals surface area contributed by atoms with Crippen molar-refractivity contribution in [2.45, 2.75) is 25.9 Å². The molecule has 0 aliphatic heterocycles. The largest absolute Gasteiger partial charge is 0.480 e. The van der Waals surface area contributed by atoms with Crippen LogP contribution >= 0.6 is 11.8 Å². The molecule has 0 spiro atoms. The Morgan fingerprint density at radius 2 is 2.00 bits per heavy atom. The van der Waals surface area contributed by atoms with Gasteiger partial charge in [0.25, 0.3) is 0 Å². The fourth-order valence-electron chi connectivity index (χ4n) is 0.717. The molecule has 86 valence electrons. The molecule has 2 atom stereocenters. The van der Waals surface area contributed by atoms with Crippen molar-refractivity contribution in [1.82, 2.24) is 5.32 Å². The van der Waals surface area contributed by atoms with E-state index in [-0.39, 0.29) is 10.9 Å². The van der Waals surface area contributed by atoms with E-state index in [0.29, 0.717) is 0 Å². The van der Waals surface area contributed by atoms with Gasteiger partial charge in [0.1, 0.15) is 6.04 Å². The molecule has 2 unspecified atom stereocenters. The quantitative estimate of drug-likeness (QED) is 0.573. The lowest BCUT2D eigenvalue weighted by Gasteiger charge is -2.12. The number of carbonyl (C=O) groups is 3. The van der Waals surface area contributed by atoms with E-state index in [1.165, 1.54) is 13.8 Å². The Bertz CT molecular complexity index is 267. The number of nitrogens with two attached hydrogens (primary N) is 1. The highest BCUT2D eigenvalue weighted by Gasteiger charge is 2.20. The van der Waals surface area contributed by atoms with E-state index in [1.807, 2.05) is 0 Å². The highest BCUT2D eigenvalue weighted by Crippen LogP contribution is 2.07. The summed E-state index contributed by atoms with van der Waals surface area (Å²) >= 11 is 0.803. The van der Waals surface area contributed by atoms with Crippen molar-refractivity contribution in [2.75, 3.05) is 5.75 Å². The third kappa shape index (κ3) is 6.08. The van der Waals surface area contributed by atoms with E-state index in [1.54, 1.807) is 0 Å². The van der Waals surface area contributed by atoms with Crippen molar-refractivity contribution in [1.29, 1.82) is 0 Å². The number of carboxylic acids is 1. The van der Waals surface area contributed by atoms with Crippen LogP contribution in [-0.2, 0) is 14.4 Å². The first-order valence-electron chi connectivity index (χ1n) is 4.26. The van der Waals surface area contributed by atoms with Crippen LogP contribution in [0.15, 0.2) is 0 Å². The van der Waals surface area contributed by atoms with Crippen LogP contribution in [0.3, 0.4) is 0 Å². The van der Waals surface area contributed by atoms with Crippen LogP contribution in [0, 0.1) is 0 Å². The Labute approximate surface area is 91.6 Å². The average molecular weight is 234 g/mol. The van der Waals surface area contributed by atoms with E-state index < -0.39 is 24.0 Å². The number of rotatable bonds is 5. The van der Waals surface area contributed by atoms with Crippen LogP contribution in [0.5, 0.6) is 0 Å². The fraction of sp³-hybridized carbons (Fsp3) is 0.625. The summed E-state index contributed by atoms with van der Waals surface area (Å²) in [5.41, 5.74) is 5.29. The molecule has 0 heterocycles. The first kappa shape index (κ1) is 13.9. The van der Waals surface area contributed by atoms with Gasteiger partial charge < -0.3 is 16.2 Å². The Hall–Kier alpha value is -1.08. The maximum Gasteiger partial charge on any atom is 0.327 e. The smallest absolute Gasteiger partial charge is 0.327 e. The normalized spacial score (nSPS) is 14.1. The molecule has 0 radical (unpaired) electrons. The predicted molar refractivity (Wildman–Crippen MR) is 56.4 cm³/mol. The summed E-state index contributed by atoms with van der Waals surface area (Å²) in [4.78, 5) is 32.4. The Balaban J connectivity index is 4.13. The number of carbonyl (C=O) groups excluding carboxylic acids is 2. The zero-order chi connectivity index (χ0) is 12.0. The van der Waals surface area contributed by atoms with Gasteiger partial charge in [0.15, 0.2) is 0 Å². The second-order valence-corrected chi connectivity index (χ2v) is 4.03. The Kier molecular flexibility index (Phi) is 5.95. The third-order valence-corrected chi connectivity index (χ3v) is 2.60. The SMILES string of the molecule is CC(=O)NC(CSC(=O)C(C)N)C(=O)O. The lowest BCUT2D eigenvalue weighted by atomic mass is 10.3. The second-order valence-electron chi connectivity index (χ2n) is 3.01. The lowest BCUT2D eigenvalue weighted by molar-refractivity contribution is -0.140. The van der Waals surface area contributed by atoms with Crippen molar-refractivity contribution in [3.8, 4) is 0 Å². The number of carboxylic acid groups (broad SMARTS) is 1. The number of nitrogens with one attached hydrogen (secondary N) is 1. The van der Waals surface area contributed by atoms with Gasteiger partial charge in [0.05, 0.1) is 6.04 Å². The molecule has 0 fully saturated rings. The fourth-order valence-corrected chi connectivity index (χ4v) is 1.54. The molecule has 0 aliphatic rings. The molecule has 0 bridgehead atoms. The average Bonchev–Trinajstić information content (AvgIpc) is 2.10. The molecule has 0 aromatic heterocycles. The summed E-state index contributed by atoms with van der Waals surface area (Å²) < 4.78 is 0. The topological polar surface area (TPSA) is 109 Å². The van der Waals surface area contributed by atoms with Crippen LogP contribution in [0.1, 0.15) is 13.8 Å². The molecule has 0 aromatic carbocycles. The van der Waals surface area contributed by atoms with Gasteiger partial charge in [-0.1, -0.05) is 11.8 Å². The standard InChI is InChI=1S/C8H14N2O4S/c1-4(9)8(14)15-3-6(7(12)13)10-5(2)11/h4,6H,3,9H2,1-2H3,(H,10,11)(H,12,13). The van der Waals surface area contributed by atoms with Gasteiger partial charge in [-0.25, -0.2) is 4.79 Å². The minimum atomic E-state index is -1.17. The molecule has 15 heavy (non-hydrogen) atoms. The van der Waals surface area contributed by atoms with Crippen molar-refractivity contribution in [3.63, 3.8) is 0 Å². The van der Waals surface area contributed by atoms with E-state index in [9.17, 15) is 14.4 Å². The molecule has 7 heteroatoms. The highest BCUT2D eigenvalue weighted by atomic mass is 32.2. The van der Waals surface area contributed by atoms with Crippen LogP contribution < -0.4 is 11.1 Å². The summed E-state index contributed by atoms with van der Waals surface area (Å²) in [6.45, 7) is 2.73. The van der Waals surface area contributed by atoms with Crippen LogP contribution in [-0.4, -0.2) is 39.9 Å². The monoisotopic (exact) mass is 234 g/mol. The summed E-state index contributed by atoms with van der Waals surface area (Å²) in [5, 5.41) is 10.6. The van der Waals surface area contributed by atoms with Gasteiger partial charge in [-0.15, -0.1) is 0 Å². The highest BCUT2D eigenvalue weighted by molar-refractivity contribution is 8.13. The minimum absolute atomic E-state index is 0.0186. The number of hydrogen-bond donors (Lipinski definition) is 3. The summed E-state index contributed by atoms with van der Waals surface area (Å²) in [5.74, 6) is -1.64. The molecule has 4 N–H and O–H groups in total. The van der Waals surface area contributed by atoms with Crippen molar-refractivity contribution >= 4 is 28.8 Å². The molecule has 0 saturated carbocycles. The van der Waals surface area contributed by atoms with Gasteiger partial charge >= 0.3 is 5.97 Å². The summed E-state index contributed by atoms with van der Waals surface area (Å²) in [6, 6.07) is -1.70. The number of thioether (sulfide) groups is 1. The van der Waals surface area contributed by atoms with Gasteiger partial charge in [0, 0.05) is 12.7 Å². The second kappa shape index (κ2) is 6.41. The van der Waals surface area contributed by atoms with Crippen LogP contribution in [0.25, 0.3) is 0 Å². The number of amides is 1. The van der Waals surface area contributed by atoms with Gasteiger partial charge in [-0.2, -0.15) is 0 Å². The van der Waals surface area contributed by atoms with Crippen LogP contribution in [0.2, 0.25) is 0 Å². The minimum Gasteiger partial charge on any atom is -0.480 e. The maximum absolute atomic E-state index is 11.1.